The molecule has 0 radical (unpaired) electrons. The maximum absolute atomic E-state index is 13.8. The lowest BCUT2D eigenvalue weighted by Gasteiger charge is -2.12. The van der Waals surface area contributed by atoms with Crippen LogP contribution in [0.1, 0.15) is 0 Å². The second-order valence-corrected chi connectivity index (χ2v) is 6.98. The summed E-state index contributed by atoms with van der Waals surface area (Å²) in [6.07, 6.45) is 0. The fraction of sp³-hybridized carbons (Fsp3) is 0.0455. The van der Waals surface area contributed by atoms with Gasteiger partial charge in [-0.2, -0.15) is 5.10 Å². The summed E-state index contributed by atoms with van der Waals surface area (Å²) in [5, 5.41) is 8.15. The van der Waals surface area contributed by atoms with Crippen molar-refractivity contribution in [3.05, 3.63) is 93.7 Å². The minimum absolute atomic E-state index is 0.264. The molecule has 0 fully saturated rings. The first-order chi connectivity index (χ1) is 14.4. The Bertz CT molecular complexity index is 1340. The fourth-order valence-corrected chi connectivity index (χ4v) is 3.29. The number of aromatic nitrogens is 2. The van der Waals surface area contributed by atoms with E-state index in [9.17, 15) is 18.4 Å². The SMILES string of the molecule is O=C(Cn1nc(-c2ccc(F)c(F)c2)c2ccccc2c1=O)Nc1cccc(Cl)c1. The average molecular weight is 426 g/mol. The monoisotopic (exact) mass is 425 g/mol. The summed E-state index contributed by atoms with van der Waals surface area (Å²) >= 11 is 5.92. The van der Waals surface area contributed by atoms with Crippen molar-refractivity contribution < 1.29 is 13.6 Å². The summed E-state index contributed by atoms with van der Waals surface area (Å²) in [5.74, 6) is -2.51. The van der Waals surface area contributed by atoms with E-state index in [0.717, 1.165) is 16.8 Å². The Hall–Kier alpha value is -3.58. The normalized spacial score (nSPS) is 10.9. The third kappa shape index (κ3) is 3.92. The van der Waals surface area contributed by atoms with Crippen LogP contribution in [0, 0.1) is 11.6 Å². The largest absolute Gasteiger partial charge is 0.324 e. The first-order valence-corrected chi connectivity index (χ1v) is 9.31. The summed E-state index contributed by atoms with van der Waals surface area (Å²) < 4.78 is 28.1. The average Bonchev–Trinajstić information content (AvgIpc) is 2.72. The van der Waals surface area contributed by atoms with E-state index in [1.54, 1.807) is 48.5 Å². The lowest BCUT2D eigenvalue weighted by molar-refractivity contribution is -0.117. The van der Waals surface area contributed by atoms with Crippen molar-refractivity contribution in [3.63, 3.8) is 0 Å². The summed E-state index contributed by atoms with van der Waals surface area (Å²) in [4.78, 5) is 25.3. The summed E-state index contributed by atoms with van der Waals surface area (Å²) in [6, 6.07) is 16.6. The first kappa shape index (κ1) is 19.7. The van der Waals surface area contributed by atoms with Crippen LogP contribution >= 0.6 is 11.6 Å². The van der Waals surface area contributed by atoms with Crippen molar-refractivity contribution in [3.8, 4) is 11.3 Å². The van der Waals surface area contributed by atoms with E-state index in [2.05, 4.69) is 10.4 Å². The van der Waals surface area contributed by atoms with Crippen LogP contribution in [-0.4, -0.2) is 15.7 Å². The third-order valence-electron chi connectivity index (χ3n) is 4.46. The van der Waals surface area contributed by atoms with E-state index in [0.29, 0.717) is 21.5 Å². The minimum Gasteiger partial charge on any atom is -0.324 e. The molecule has 8 heteroatoms. The zero-order chi connectivity index (χ0) is 21.3. The van der Waals surface area contributed by atoms with Crippen molar-refractivity contribution in [1.29, 1.82) is 0 Å². The van der Waals surface area contributed by atoms with Gasteiger partial charge in [0.2, 0.25) is 5.91 Å². The molecule has 0 saturated carbocycles. The lowest BCUT2D eigenvalue weighted by atomic mass is 10.0. The van der Waals surface area contributed by atoms with Crippen LogP contribution in [0.2, 0.25) is 5.02 Å². The van der Waals surface area contributed by atoms with Gasteiger partial charge in [-0.25, -0.2) is 13.5 Å². The molecule has 4 aromatic rings. The van der Waals surface area contributed by atoms with Gasteiger partial charge in [-0.05, 0) is 42.5 Å². The molecular formula is C22H14ClF2N3O2. The van der Waals surface area contributed by atoms with E-state index >= 15 is 0 Å². The Morgan fingerprint density at radius 3 is 2.47 bits per heavy atom. The molecule has 0 aliphatic rings. The zero-order valence-electron chi connectivity index (χ0n) is 15.4. The van der Waals surface area contributed by atoms with Crippen molar-refractivity contribution in [2.45, 2.75) is 6.54 Å². The quantitative estimate of drug-likeness (QED) is 0.518. The Balaban J connectivity index is 1.76. The fourth-order valence-electron chi connectivity index (χ4n) is 3.10. The summed E-state index contributed by atoms with van der Waals surface area (Å²) in [7, 11) is 0. The Labute approximate surface area is 174 Å². The number of nitrogens with one attached hydrogen (secondary N) is 1. The molecule has 0 aliphatic heterocycles. The number of halogens is 3. The number of fused-ring (bicyclic) bond motifs is 1. The lowest BCUT2D eigenvalue weighted by Crippen LogP contribution is -2.30. The van der Waals surface area contributed by atoms with Gasteiger partial charge in [-0.15, -0.1) is 0 Å². The molecule has 150 valence electrons. The third-order valence-corrected chi connectivity index (χ3v) is 4.70. The molecule has 1 heterocycles. The van der Waals surface area contributed by atoms with Crippen LogP contribution in [-0.2, 0) is 11.3 Å². The van der Waals surface area contributed by atoms with Crippen molar-refractivity contribution in [1.82, 2.24) is 9.78 Å². The van der Waals surface area contributed by atoms with Gasteiger partial charge in [0.1, 0.15) is 6.54 Å². The van der Waals surface area contributed by atoms with E-state index in [-0.39, 0.29) is 17.8 Å². The van der Waals surface area contributed by atoms with E-state index in [1.807, 2.05) is 0 Å². The molecule has 0 unspecified atom stereocenters. The molecule has 0 saturated heterocycles. The van der Waals surface area contributed by atoms with Crippen LogP contribution in [0.5, 0.6) is 0 Å². The van der Waals surface area contributed by atoms with Crippen LogP contribution in [0.15, 0.2) is 71.5 Å². The minimum atomic E-state index is -1.03. The number of hydrogen-bond donors (Lipinski definition) is 1. The summed E-state index contributed by atoms with van der Waals surface area (Å²) in [5.41, 5.74) is 0.550. The van der Waals surface area contributed by atoms with Crippen molar-refractivity contribution >= 4 is 34.0 Å². The molecule has 1 N–H and O–H groups in total. The van der Waals surface area contributed by atoms with E-state index < -0.39 is 23.1 Å². The van der Waals surface area contributed by atoms with E-state index in [4.69, 9.17) is 11.6 Å². The number of anilines is 1. The highest BCUT2D eigenvalue weighted by Gasteiger charge is 2.15. The standard InChI is InChI=1S/C22H14ClF2N3O2/c23-14-4-3-5-15(11-14)26-20(29)12-28-22(30)17-7-2-1-6-16(17)21(27-28)13-8-9-18(24)19(25)10-13/h1-11H,12H2,(H,26,29). The van der Waals surface area contributed by atoms with Gasteiger partial charge in [0.25, 0.3) is 5.56 Å². The summed E-state index contributed by atoms with van der Waals surface area (Å²) in [6.45, 7) is -0.368. The zero-order valence-corrected chi connectivity index (χ0v) is 16.2. The highest BCUT2D eigenvalue weighted by molar-refractivity contribution is 6.30. The highest BCUT2D eigenvalue weighted by Crippen LogP contribution is 2.26. The number of hydrogen-bond acceptors (Lipinski definition) is 3. The highest BCUT2D eigenvalue weighted by atomic mass is 35.5. The predicted molar refractivity (Wildman–Crippen MR) is 111 cm³/mol. The maximum atomic E-state index is 13.8. The van der Waals surface area contributed by atoms with Crippen LogP contribution in [0.3, 0.4) is 0 Å². The molecule has 1 amide bonds. The second kappa shape index (κ2) is 8.04. The van der Waals surface area contributed by atoms with Gasteiger partial charge >= 0.3 is 0 Å². The number of carbonyl (C=O) groups excluding carboxylic acids is 1. The number of carbonyl (C=O) groups is 1. The number of amides is 1. The van der Waals surface area contributed by atoms with Gasteiger partial charge in [-0.3, -0.25) is 9.59 Å². The Morgan fingerprint density at radius 1 is 0.967 bits per heavy atom. The number of benzene rings is 3. The van der Waals surface area contributed by atoms with E-state index in [1.165, 1.54) is 6.07 Å². The molecule has 3 aromatic carbocycles. The Kier molecular flexibility index (Phi) is 5.29. The molecule has 5 nitrogen and oxygen atoms in total. The predicted octanol–water partition coefficient (Wildman–Crippen LogP) is 4.63. The van der Waals surface area contributed by atoms with Gasteiger partial charge in [0.05, 0.1) is 11.1 Å². The second-order valence-electron chi connectivity index (χ2n) is 6.54. The topological polar surface area (TPSA) is 64.0 Å². The molecule has 1 aromatic heterocycles. The van der Waals surface area contributed by atoms with Gasteiger partial charge in [0.15, 0.2) is 11.6 Å². The molecule has 0 spiro atoms. The first-order valence-electron chi connectivity index (χ1n) is 8.93. The van der Waals surface area contributed by atoms with Crippen molar-refractivity contribution in [2.24, 2.45) is 0 Å². The Morgan fingerprint density at radius 2 is 1.73 bits per heavy atom. The molecule has 0 bridgehead atoms. The molecular weight excluding hydrogens is 412 g/mol. The van der Waals surface area contributed by atoms with Gasteiger partial charge in [0, 0.05) is 21.7 Å². The van der Waals surface area contributed by atoms with Crippen LogP contribution < -0.4 is 10.9 Å². The molecule has 30 heavy (non-hydrogen) atoms. The van der Waals surface area contributed by atoms with Crippen molar-refractivity contribution in [2.75, 3.05) is 5.32 Å². The smallest absolute Gasteiger partial charge is 0.275 e. The number of rotatable bonds is 4. The van der Waals surface area contributed by atoms with Gasteiger partial charge < -0.3 is 5.32 Å². The van der Waals surface area contributed by atoms with Crippen LogP contribution in [0.4, 0.5) is 14.5 Å². The van der Waals surface area contributed by atoms with Crippen LogP contribution in [0.25, 0.3) is 22.0 Å². The number of nitrogens with zero attached hydrogens (tertiary/aromatic N) is 2. The molecule has 0 atom stereocenters. The molecule has 0 aliphatic carbocycles. The van der Waals surface area contributed by atoms with Gasteiger partial charge in [-0.1, -0.05) is 35.9 Å². The molecule has 4 rings (SSSR count). The maximum Gasteiger partial charge on any atom is 0.275 e.